The molecule has 4 nitrogen and oxygen atoms in total. The molecule has 2 rings (SSSR count). The molecule has 0 radical (unpaired) electrons. The highest BCUT2D eigenvalue weighted by Crippen LogP contribution is 2.27. The Labute approximate surface area is 114 Å². The van der Waals surface area contributed by atoms with Crippen LogP contribution in [-0.4, -0.2) is 17.1 Å². The summed E-state index contributed by atoms with van der Waals surface area (Å²) in [6, 6.07) is 3.45. The van der Waals surface area contributed by atoms with Crippen molar-refractivity contribution in [3.05, 3.63) is 24.2 Å². The number of aliphatic hydroxyl groups is 1. The molecule has 4 heteroatoms. The van der Waals surface area contributed by atoms with Crippen molar-refractivity contribution in [2.24, 2.45) is 5.92 Å². The van der Waals surface area contributed by atoms with Crippen LogP contribution in [-0.2, 0) is 4.79 Å². The molecule has 1 fully saturated rings. The van der Waals surface area contributed by atoms with Gasteiger partial charge >= 0.3 is 0 Å². The fourth-order valence-electron chi connectivity index (χ4n) is 2.80. The predicted molar refractivity (Wildman–Crippen MR) is 72.5 cm³/mol. The molecule has 1 aliphatic rings. The van der Waals surface area contributed by atoms with Crippen molar-refractivity contribution in [2.75, 3.05) is 0 Å². The number of nitrogens with one attached hydrogen (secondary N) is 1. The molecule has 2 atom stereocenters. The van der Waals surface area contributed by atoms with E-state index in [9.17, 15) is 9.90 Å². The van der Waals surface area contributed by atoms with E-state index in [2.05, 4.69) is 5.32 Å². The summed E-state index contributed by atoms with van der Waals surface area (Å²) in [5.74, 6) is 1.21. The Morgan fingerprint density at radius 3 is 2.89 bits per heavy atom. The van der Waals surface area contributed by atoms with Crippen LogP contribution in [0.15, 0.2) is 22.8 Å². The molecule has 1 aliphatic carbocycles. The normalized spacial score (nSPS) is 19.3. The van der Waals surface area contributed by atoms with E-state index in [1.807, 2.05) is 6.92 Å². The summed E-state index contributed by atoms with van der Waals surface area (Å²) in [6.45, 7) is 1.92. The Morgan fingerprint density at radius 1 is 1.53 bits per heavy atom. The fourth-order valence-corrected chi connectivity index (χ4v) is 2.80. The zero-order chi connectivity index (χ0) is 13.7. The first-order valence-electron chi connectivity index (χ1n) is 7.16. The van der Waals surface area contributed by atoms with E-state index < -0.39 is 6.10 Å². The van der Waals surface area contributed by atoms with Gasteiger partial charge in [-0.05, 0) is 37.8 Å². The molecule has 1 aromatic rings. The van der Waals surface area contributed by atoms with E-state index >= 15 is 0 Å². The molecular formula is C15H23NO3. The highest BCUT2D eigenvalue weighted by atomic mass is 16.4. The maximum Gasteiger partial charge on any atom is 0.220 e. The second-order valence-corrected chi connectivity index (χ2v) is 5.59. The van der Waals surface area contributed by atoms with Gasteiger partial charge in [-0.1, -0.05) is 12.8 Å². The van der Waals surface area contributed by atoms with Gasteiger partial charge in [0.25, 0.3) is 0 Å². The Hall–Kier alpha value is -1.29. The van der Waals surface area contributed by atoms with Gasteiger partial charge in [-0.3, -0.25) is 4.79 Å². The molecule has 0 spiro atoms. The van der Waals surface area contributed by atoms with Crippen LogP contribution in [0.5, 0.6) is 0 Å². The first kappa shape index (κ1) is 14.1. The molecule has 19 heavy (non-hydrogen) atoms. The number of hydrogen-bond donors (Lipinski definition) is 2. The third-order valence-electron chi connectivity index (χ3n) is 3.80. The van der Waals surface area contributed by atoms with Crippen LogP contribution < -0.4 is 5.32 Å². The highest BCUT2D eigenvalue weighted by molar-refractivity contribution is 5.76. The van der Waals surface area contributed by atoms with Gasteiger partial charge < -0.3 is 14.8 Å². The van der Waals surface area contributed by atoms with Gasteiger partial charge in [0.2, 0.25) is 5.91 Å². The van der Waals surface area contributed by atoms with Crippen molar-refractivity contribution in [1.29, 1.82) is 0 Å². The number of carbonyl (C=O) groups is 1. The van der Waals surface area contributed by atoms with E-state index in [4.69, 9.17) is 4.42 Å². The molecule has 0 saturated heterocycles. The molecule has 0 aromatic carbocycles. The summed E-state index contributed by atoms with van der Waals surface area (Å²) in [7, 11) is 0. The minimum Gasteiger partial charge on any atom is -0.467 e. The molecule has 0 aliphatic heterocycles. The maximum atomic E-state index is 11.9. The van der Waals surface area contributed by atoms with E-state index in [0.717, 1.165) is 0 Å². The fraction of sp³-hybridized carbons (Fsp3) is 0.667. The lowest BCUT2D eigenvalue weighted by molar-refractivity contribution is -0.122. The van der Waals surface area contributed by atoms with Gasteiger partial charge in [0.15, 0.2) is 0 Å². The van der Waals surface area contributed by atoms with Crippen molar-refractivity contribution < 1.29 is 14.3 Å². The van der Waals surface area contributed by atoms with Crippen molar-refractivity contribution in [2.45, 2.75) is 57.6 Å². The van der Waals surface area contributed by atoms with Crippen LogP contribution >= 0.6 is 0 Å². The number of furan rings is 1. The quantitative estimate of drug-likeness (QED) is 0.831. The van der Waals surface area contributed by atoms with Gasteiger partial charge in [-0.2, -0.15) is 0 Å². The van der Waals surface area contributed by atoms with Gasteiger partial charge in [-0.25, -0.2) is 0 Å². The minimum atomic E-state index is -0.656. The predicted octanol–water partition coefficient (Wildman–Crippen LogP) is 2.79. The van der Waals surface area contributed by atoms with Crippen LogP contribution in [0.2, 0.25) is 0 Å². The van der Waals surface area contributed by atoms with Crippen LogP contribution in [0.25, 0.3) is 0 Å². The average Bonchev–Trinajstić information content (AvgIpc) is 3.00. The molecule has 1 amide bonds. The first-order valence-corrected chi connectivity index (χ1v) is 7.16. The zero-order valence-electron chi connectivity index (χ0n) is 11.5. The van der Waals surface area contributed by atoms with Gasteiger partial charge in [-0.15, -0.1) is 0 Å². The lowest BCUT2D eigenvalue weighted by atomic mass is 10.0. The number of hydrogen-bond acceptors (Lipinski definition) is 3. The molecular weight excluding hydrogens is 242 g/mol. The largest absolute Gasteiger partial charge is 0.467 e. The van der Waals surface area contributed by atoms with Gasteiger partial charge in [0, 0.05) is 18.9 Å². The summed E-state index contributed by atoms with van der Waals surface area (Å²) < 4.78 is 5.15. The van der Waals surface area contributed by atoms with E-state index in [1.54, 1.807) is 18.4 Å². The molecule has 1 aromatic heterocycles. The Bertz CT molecular complexity index is 382. The molecule has 2 unspecified atom stereocenters. The second kappa shape index (κ2) is 6.75. The first-order chi connectivity index (χ1) is 9.15. The lowest BCUT2D eigenvalue weighted by Gasteiger charge is -2.18. The molecule has 1 heterocycles. The highest BCUT2D eigenvalue weighted by Gasteiger charge is 2.20. The molecule has 0 bridgehead atoms. The maximum absolute atomic E-state index is 11.9. The van der Waals surface area contributed by atoms with Crippen molar-refractivity contribution in [3.8, 4) is 0 Å². The minimum absolute atomic E-state index is 0.0472. The van der Waals surface area contributed by atoms with Crippen molar-refractivity contribution in [3.63, 3.8) is 0 Å². The van der Waals surface area contributed by atoms with E-state index in [-0.39, 0.29) is 11.9 Å². The SMILES string of the molecule is CC(CC(O)c1ccco1)NC(=O)CC1CCCC1. The van der Waals surface area contributed by atoms with E-state index in [0.29, 0.717) is 24.5 Å². The standard InChI is InChI=1S/C15H23NO3/c1-11(9-13(17)14-7-4-8-19-14)16-15(18)10-12-5-2-3-6-12/h4,7-8,11-13,17H,2-3,5-6,9-10H2,1H3,(H,16,18). The summed E-state index contributed by atoms with van der Waals surface area (Å²) in [6.07, 6.45) is 6.85. The lowest BCUT2D eigenvalue weighted by Crippen LogP contribution is -2.34. The third-order valence-corrected chi connectivity index (χ3v) is 3.80. The van der Waals surface area contributed by atoms with Crippen LogP contribution in [0.4, 0.5) is 0 Å². The van der Waals surface area contributed by atoms with Crippen LogP contribution in [0, 0.1) is 5.92 Å². The molecule has 2 N–H and O–H groups in total. The molecule has 1 saturated carbocycles. The topological polar surface area (TPSA) is 62.5 Å². The van der Waals surface area contributed by atoms with Crippen LogP contribution in [0.3, 0.4) is 0 Å². The van der Waals surface area contributed by atoms with Gasteiger partial charge in [0.1, 0.15) is 11.9 Å². The average molecular weight is 265 g/mol. The summed E-state index contributed by atoms with van der Waals surface area (Å²) in [5, 5.41) is 12.9. The van der Waals surface area contributed by atoms with Crippen molar-refractivity contribution in [1.82, 2.24) is 5.32 Å². The number of rotatable bonds is 6. The Kier molecular flexibility index (Phi) is 5.02. The van der Waals surface area contributed by atoms with Crippen molar-refractivity contribution >= 4 is 5.91 Å². The van der Waals surface area contributed by atoms with Crippen LogP contribution in [0.1, 0.15) is 57.3 Å². The Balaban J connectivity index is 1.71. The summed E-state index contributed by atoms with van der Waals surface area (Å²) in [5.41, 5.74) is 0. The van der Waals surface area contributed by atoms with E-state index in [1.165, 1.54) is 25.7 Å². The third kappa shape index (κ3) is 4.39. The second-order valence-electron chi connectivity index (χ2n) is 5.59. The zero-order valence-corrected chi connectivity index (χ0v) is 11.5. The number of aliphatic hydroxyl groups excluding tert-OH is 1. The number of carbonyl (C=O) groups excluding carboxylic acids is 1. The van der Waals surface area contributed by atoms with Gasteiger partial charge in [0.05, 0.1) is 6.26 Å². The monoisotopic (exact) mass is 265 g/mol. The summed E-state index contributed by atoms with van der Waals surface area (Å²) >= 11 is 0. The smallest absolute Gasteiger partial charge is 0.220 e. The Morgan fingerprint density at radius 2 is 2.26 bits per heavy atom. The number of amides is 1. The summed E-state index contributed by atoms with van der Waals surface area (Å²) in [4.78, 5) is 11.9. The molecule has 106 valence electrons.